The van der Waals surface area contributed by atoms with Gasteiger partial charge in [-0.15, -0.1) is 0 Å². The Labute approximate surface area is 199 Å². The minimum absolute atomic E-state index is 0.00798. The summed E-state index contributed by atoms with van der Waals surface area (Å²) in [5.41, 5.74) is 1.91. The average molecular weight is 463 g/mol. The summed E-state index contributed by atoms with van der Waals surface area (Å²) < 4.78 is 21.7. The molecular weight excluding hydrogens is 432 g/mol. The van der Waals surface area contributed by atoms with E-state index in [-0.39, 0.29) is 18.7 Å². The fourth-order valence-corrected chi connectivity index (χ4v) is 4.67. The maximum Gasteiger partial charge on any atom is 0.254 e. The van der Waals surface area contributed by atoms with E-state index in [1.807, 2.05) is 41.3 Å². The third-order valence-electron chi connectivity index (χ3n) is 6.66. The monoisotopic (exact) mass is 462 g/mol. The molecule has 3 aromatic rings. The van der Waals surface area contributed by atoms with Crippen LogP contribution in [0.1, 0.15) is 34.5 Å². The molecule has 0 aliphatic carbocycles. The summed E-state index contributed by atoms with van der Waals surface area (Å²) in [6, 6.07) is 17.6. The molecule has 34 heavy (non-hydrogen) atoms. The van der Waals surface area contributed by atoms with Crippen LogP contribution in [0.15, 0.2) is 65.3 Å². The second-order valence-electron chi connectivity index (χ2n) is 8.75. The smallest absolute Gasteiger partial charge is 0.254 e. The van der Waals surface area contributed by atoms with E-state index in [4.69, 9.17) is 18.6 Å². The minimum Gasteiger partial charge on any atom is -0.497 e. The van der Waals surface area contributed by atoms with Gasteiger partial charge in [0.2, 0.25) is 6.79 Å². The lowest BCUT2D eigenvalue weighted by atomic mass is 10.0. The molecule has 0 saturated carbocycles. The minimum atomic E-state index is -0.00798. The third-order valence-corrected chi connectivity index (χ3v) is 6.66. The van der Waals surface area contributed by atoms with Crippen LogP contribution in [-0.4, -0.2) is 55.3 Å². The van der Waals surface area contributed by atoms with Gasteiger partial charge in [-0.2, -0.15) is 0 Å². The van der Waals surface area contributed by atoms with Gasteiger partial charge in [0.15, 0.2) is 11.5 Å². The first-order chi connectivity index (χ1) is 16.7. The van der Waals surface area contributed by atoms with E-state index in [9.17, 15) is 4.79 Å². The zero-order valence-corrected chi connectivity index (χ0v) is 19.4. The van der Waals surface area contributed by atoms with Gasteiger partial charge in [-0.05, 0) is 67.3 Å². The van der Waals surface area contributed by atoms with Crippen LogP contribution in [0.3, 0.4) is 0 Å². The summed E-state index contributed by atoms with van der Waals surface area (Å²) in [5, 5.41) is 0. The van der Waals surface area contributed by atoms with Crippen LogP contribution in [0.2, 0.25) is 0 Å². The van der Waals surface area contributed by atoms with E-state index >= 15 is 0 Å². The molecule has 1 amide bonds. The molecule has 0 radical (unpaired) electrons. The number of hydrogen-bond donors (Lipinski definition) is 0. The van der Waals surface area contributed by atoms with Crippen LogP contribution in [0, 0.1) is 0 Å². The first-order valence-corrected chi connectivity index (χ1v) is 11.8. The molecule has 5 rings (SSSR count). The first kappa shape index (κ1) is 22.3. The van der Waals surface area contributed by atoms with E-state index in [0.29, 0.717) is 23.6 Å². The number of hydrogen-bond acceptors (Lipinski definition) is 6. The Hall–Kier alpha value is -3.45. The molecule has 7 heteroatoms. The molecule has 1 aromatic heterocycles. The molecule has 3 heterocycles. The molecule has 1 fully saturated rings. The Morgan fingerprint density at radius 1 is 1.06 bits per heavy atom. The van der Waals surface area contributed by atoms with Crippen LogP contribution in [0.4, 0.5) is 0 Å². The summed E-state index contributed by atoms with van der Waals surface area (Å²) in [6.45, 7) is 3.58. The van der Waals surface area contributed by atoms with Crippen LogP contribution in [-0.2, 0) is 13.0 Å². The average Bonchev–Trinajstić information content (AvgIpc) is 3.58. The van der Waals surface area contributed by atoms with E-state index in [2.05, 4.69) is 17.0 Å². The van der Waals surface area contributed by atoms with Crippen molar-refractivity contribution >= 4 is 5.91 Å². The number of nitrogens with zero attached hydrogens (tertiary/aromatic N) is 2. The standard InChI is InChI=1S/C27H30N2O5/c1-31-23-7-4-20(5-8-23)10-13-28-14-11-22(12-15-28)29(18-24-3-2-16-32-24)27(30)21-6-9-25-26(17-21)34-19-33-25/h2-9,16-17,22H,10-15,18-19H2,1H3. The van der Waals surface area contributed by atoms with Gasteiger partial charge in [0.1, 0.15) is 11.5 Å². The molecule has 0 spiro atoms. The lowest BCUT2D eigenvalue weighted by Gasteiger charge is -2.38. The Kier molecular flexibility index (Phi) is 6.72. The van der Waals surface area contributed by atoms with E-state index in [1.165, 1.54) is 5.56 Å². The fraction of sp³-hybridized carbons (Fsp3) is 0.370. The number of ether oxygens (including phenoxy) is 3. The number of methoxy groups -OCH3 is 1. The largest absolute Gasteiger partial charge is 0.497 e. The van der Waals surface area contributed by atoms with Crippen molar-refractivity contribution in [3.05, 3.63) is 77.7 Å². The van der Waals surface area contributed by atoms with Gasteiger partial charge in [-0.25, -0.2) is 0 Å². The molecule has 2 aromatic carbocycles. The van der Waals surface area contributed by atoms with E-state index in [1.54, 1.807) is 19.4 Å². The number of carbonyl (C=O) groups excluding carboxylic acids is 1. The zero-order valence-electron chi connectivity index (χ0n) is 19.4. The van der Waals surface area contributed by atoms with Crippen LogP contribution < -0.4 is 14.2 Å². The van der Waals surface area contributed by atoms with Crippen molar-refractivity contribution in [1.82, 2.24) is 9.80 Å². The Balaban J connectivity index is 1.23. The molecule has 178 valence electrons. The maximum atomic E-state index is 13.6. The molecule has 0 atom stereocenters. The molecule has 2 aliphatic rings. The molecule has 2 aliphatic heterocycles. The highest BCUT2D eigenvalue weighted by molar-refractivity contribution is 5.95. The number of benzene rings is 2. The highest BCUT2D eigenvalue weighted by atomic mass is 16.7. The van der Waals surface area contributed by atoms with E-state index < -0.39 is 0 Å². The molecule has 7 nitrogen and oxygen atoms in total. The predicted octanol–water partition coefficient (Wildman–Crippen LogP) is 4.37. The lowest BCUT2D eigenvalue weighted by Crippen LogP contribution is -2.47. The Morgan fingerprint density at radius 3 is 2.59 bits per heavy atom. The summed E-state index contributed by atoms with van der Waals surface area (Å²) in [7, 11) is 1.69. The maximum absolute atomic E-state index is 13.6. The summed E-state index contributed by atoms with van der Waals surface area (Å²) >= 11 is 0. The van der Waals surface area contributed by atoms with Crippen molar-refractivity contribution in [2.75, 3.05) is 33.5 Å². The number of carbonyl (C=O) groups is 1. The van der Waals surface area contributed by atoms with Gasteiger partial charge in [0.05, 0.1) is 19.9 Å². The van der Waals surface area contributed by atoms with Crippen molar-refractivity contribution < 1.29 is 23.4 Å². The SMILES string of the molecule is COc1ccc(CCN2CCC(N(Cc3ccco3)C(=O)c3ccc4c(c3)OCO4)CC2)cc1. The third kappa shape index (κ3) is 5.04. The molecule has 0 unspecified atom stereocenters. The quantitative estimate of drug-likeness (QED) is 0.496. The highest BCUT2D eigenvalue weighted by Crippen LogP contribution is 2.33. The lowest BCUT2D eigenvalue weighted by molar-refractivity contribution is 0.0531. The number of amides is 1. The number of fused-ring (bicyclic) bond motifs is 1. The second-order valence-corrected chi connectivity index (χ2v) is 8.75. The molecule has 1 saturated heterocycles. The van der Waals surface area contributed by atoms with Gasteiger partial charge >= 0.3 is 0 Å². The molecular formula is C27H30N2O5. The first-order valence-electron chi connectivity index (χ1n) is 11.8. The van der Waals surface area contributed by atoms with E-state index in [0.717, 1.165) is 50.4 Å². The number of rotatable bonds is 8. The van der Waals surface area contributed by atoms with Gasteiger partial charge in [-0.1, -0.05) is 12.1 Å². The van der Waals surface area contributed by atoms with Crippen molar-refractivity contribution in [2.24, 2.45) is 0 Å². The predicted molar refractivity (Wildman–Crippen MR) is 127 cm³/mol. The fourth-order valence-electron chi connectivity index (χ4n) is 4.67. The zero-order chi connectivity index (χ0) is 23.3. The molecule has 0 bridgehead atoms. The topological polar surface area (TPSA) is 64.4 Å². The van der Waals surface area contributed by atoms with Gasteiger partial charge < -0.3 is 28.4 Å². The van der Waals surface area contributed by atoms with Gasteiger partial charge in [0.25, 0.3) is 5.91 Å². The number of furan rings is 1. The molecule has 0 N–H and O–H groups in total. The second kappa shape index (κ2) is 10.2. The van der Waals surface area contributed by atoms with Crippen molar-refractivity contribution in [3.63, 3.8) is 0 Å². The Morgan fingerprint density at radius 2 is 1.85 bits per heavy atom. The summed E-state index contributed by atoms with van der Waals surface area (Å²) in [6.07, 6.45) is 4.51. The highest BCUT2D eigenvalue weighted by Gasteiger charge is 2.30. The normalized spacial score (nSPS) is 15.9. The van der Waals surface area contributed by atoms with Crippen molar-refractivity contribution in [1.29, 1.82) is 0 Å². The number of piperidine rings is 1. The van der Waals surface area contributed by atoms with Crippen LogP contribution in [0.25, 0.3) is 0 Å². The van der Waals surface area contributed by atoms with Crippen molar-refractivity contribution in [3.8, 4) is 17.2 Å². The number of likely N-dealkylation sites (tertiary alicyclic amines) is 1. The van der Waals surface area contributed by atoms with Crippen LogP contribution in [0.5, 0.6) is 17.2 Å². The van der Waals surface area contributed by atoms with Crippen molar-refractivity contribution in [2.45, 2.75) is 31.8 Å². The van der Waals surface area contributed by atoms with Crippen LogP contribution >= 0.6 is 0 Å². The van der Waals surface area contributed by atoms with Gasteiger partial charge in [0, 0.05) is 31.2 Å². The summed E-state index contributed by atoms with van der Waals surface area (Å²) in [4.78, 5) is 18.0. The van der Waals surface area contributed by atoms with Gasteiger partial charge in [-0.3, -0.25) is 4.79 Å². The summed E-state index contributed by atoms with van der Waals surface area (Å²) in [5.74, 6) is 2.97. The Bertz CT molecular complexity index is 1090.